The summed E-state index contributed by atoms with van der Waals surface area (Å²) < 4.78 is 0. The molecular weight excluding hydrogens is 297 g/mol. The van der Waals surface area contributed by atoms with Crippen molar-refractivity contribution >= 4 is 34.8 Å². The second-order valence-electron chi connectivity index (χ2n) is 5.10. The summed E-state index contributed by atoms with van der Waals surface area (Å²) >= 11 is 12.0. The smallest absolute Gasteiger partial charge is 0.238 e. The second-order valence-corrected chi connectivity index (χ2v) is 5.88. The van der Waals surface area contributed by atoms with Crippen LogP contribution >= 0.6 is 23.2 Å². The van der Waals surface area contributed by atoms with E-state index in [1.165, 1.54) is 0 Å². The van der Waals surface area contributed by atoms with E-state index in [4.69, 9.17) is 23.2 Å². The monoisotopic (exact) mass is 315 g/mol. The maximum Gasteiger partial charge on any atom is 0.238 e. The molecule has 1 atom stereocenters. The van der Waals surface area contributed by atoms with Crippen LogP contribution in [0.3, 0.4) is 0 Å². The van der Waals surface area contributed by atoms with Crippen LogP contribution < -0.4 is 10.6 Å². The molecule has 1 aromatic carbocycles. The van der Waals surface area contributed by atoms with Crippen LogP contribution in [0.2, 0.25) is 10.0 Å². The van der Waals surface area contributed by atoms with Crippen LogP contribution in [0.25, 0.3) is 0 Å². The summed E-state index contributed by atoms with van der Waals surface area (Å²) in [6.45, 7) is 3.31. The zero-order valence-corrected chi connectivity index (χ0v) is 13.0. The van der Waals surface area contributed by atoms with Crippen molar-refractivity contribution < 1.29 is 4.79 Å². The quantitative estimate of drug-likeness (QED) is 0.877. The number of nitrogens with one attached hydrogen (secondary N) is 2. The largest absolute Gasteiger partial charge is 0.324 e. The van der Waals surface area contributed by atoms with Crippen molar-refractivity contribution in [3.8, 4) is 0 Å². The molecule has 4 nitrogen and oxygen atoms in total. The number of anilines is 1. The van der Waals surface area contributed by atoms with Gasteiger partial charge in [0.25, 0.3) is 0 Å². The number of halogens is 2. The number of likely N-dealkylation sites (tertiary alicyclic amines) is 1. The van der Waals surface area contributed by atoms with Crippen molar-refractivity contribution in [1.82, 2.24) is 10.2 Å². The third kappa shape index (κ3) is 4.09. The van der Waals surface area contributed by atoms with Gasteiger partial charge in [-0.05, 0) is 44.6 Å². The summed E-state index contributed by atoms with van der Waals surface area (Å²) in [5, 5.41) is 6.82. The first-order chi connectivity index (χ1) is 9.60. The molecule has 2 N–H and O–H groups in total. The van der Waals surface area contributed by atoms with Gasteiger partial charge in [0.05, 0.1) is 22.3 Å². The normalized spacial score (nSPS) is 19.2. The number of hydrogen-bond donors (Lipinski definition) is 2. The minimum absolute atomic E-state index is 0.0562. The summed E-state index contributed by atoms with van der Waals surface area (Å²) in [6.07, 6.45) is 1.13. The number of benzene rings is 1. The highest BCUT2D eigenvalue weighted by molar-refractivity contribution is 6.43. The number of nitrogens with zero attached hydrogens (tertiary/aromatic N) is 1. The van der Waals surface area contributed by atoms with E-state index in [2.05, 4.69) is 15.5 Å². The van der Waals surface area contributed by atoms with Crippen LogP contribution in [0.5, 0.6) is 0 Å². The molecule has 1 saturated heterocycles. The van der Waals surface area contributed by atoms with Crippen molar-refractivity contribution in [2.45, 2.75) is 6.42 Å². The molecule has 0 radical (unpaired) electrons. The fourth-order valence-electron chi connectivity index (χ4n) is 2.50. The molecule has 1 amide bonds. The van der Waals surface area contributed by atoms with E-state index < -0.39 is 0 Å². The topological polar surface area (TPSA) is 44.4 Å². The van der Waals surface area contributed by atoms with Gasteiger partial charge < -0.3 is 10.6 Å². The summed E-state index contributed by atoms with van der Waals surface area (Å²) in [7, 11) is 1.95. The first kappa shape index (κ1) is 15.6. The molecule has 0 aromatic heterocycles. The van der Waals surface area contributed by atoms with Crippen LogP contribution in [0.4, 0.5) is 5.69 Å². The molecule has 1 fully saturated rings. The molecule has 110 valence electrons. The van der Waals surface area contributed by atoms with Gasteiger partial charge in [0.15, 0.2) is 0 Å². The van der Waals surface area contributed by atoms with E-state index in [1.807, 2.05) is 7.05 Å². The first-order valence-electron chi connectivity index (χ1n) is 6.71. The summed E-state index contributed by atoms with van der Waals surface area (Å²) in [4.78, 5) is 14.2. The average Bonchev–Trinajstić information content (AvgIpc) is 2.83. The molecule has 0 bridgehead atoms. The van der Waals surface area contributed by atoms with Crippen molar-refractivity contribution in [1.29, 1.82) is 0 Å². The van der Waals surface area contributed by atoms with E-state index >= 15 is 0 Å². The lowest BCUT2D eigenvalue weighted by atomic mass is 10.1. The van der Waals surface area contributed by atoms with Crippen molar-refractivity contribution in [2.24, 2.45) is 5.92 Å². The maximum absolute atomic E-state index is 12.0. The zero-order valence-electron chi connectivity index (χ0n) is 11.5. The predicted octanol–water partition coefficient (Wildman–Crippen LogP) is 2.47. The number of hydrogen-bond acceptors (Lipinski definition) is 3. The van der Waals surface area contributed by atoms with E-state index in [0.717, 1.165) is 26.1 Å². The molecule has 0 saturated carbocycles. The molecule has 1 aliphatic rings. The Labute approximate surface area is 129 Å². The Morgan fingerprint density at radius 3 is 3.00 bits per heavy atom. The highest BCUT2D eigenvalue weighted by Gasteiger charge is 2.23. The molecule has 1 heterocycles. The van der Waals surface area contributed by atoms with Crippen LogP contribution in [-0.4, -0.2) is 44.0 Å². The van der Waals surface area contributed by atoms with E-state index in [-0.39, 0.29) is 5.91 Å². The van der Waals surface area contributed by atoms with Crippen LogP contribution in [0.15, 0.2) is 18.2 Å². The van der Waals surface area contributed by atoms with Gasteiger partial charge in [-0.3, -0.25) is 9.69 Å². The van der Waals surface area contributed by atoms with E-state index in [9.17, 15) is 4.79 Å². The Bertz CT molecular complexity index is 481. The predicted molar refractivity (Wildman–Crippen MR) is 83.6 cm³/mol. The molecule has 0 aliphatic carbocycles. The Kier molecular flexibility index (Phi) is 5.66. The molecule has 1 unspecified atom stereocenters. The van der Waals surface area contributed by atoms with Gasteiger partial charge in [-0.1, -0.05) is 29.3 Å². The molecular formula is C14H19Cl2N3O. The van der Waals surface area contributed by atoms with Crippen molar-refractivity contribution in [2.75, 3.05) is 38.5 Å². The SMILES string of the molecule is CNCC1CCN(CC(=O)Nc2cccc(Cl)c2Cl)C1. The highest BCUT2D eigenvalue weighted by Crippen LogP contribution is 2.29. The number of carbonyl (C=O) groups excluding carboxylic acids is 1. The van der Waals surface area contributed by atoms with E-state index in [0.29, 0.717) is 28.2 Å². The molecule has 6 heteroatoms. The van der Waals surface area contributed by atoms with Gasteiger partial charge in [0.2, 0.25) is 5.91 Å². The molecule has 2 rings (SSSR count). The maximum atomic E-state index is 12.0. The van der Waals surface area contributed by atoms with Crippen molar-refractivity contribution in [3.63, 3.8) is 0 Å². The number of rotatable bonds is 5. The lowest BCUT2D eigenvalue weighted by molar-refractivity contribution is -0.117. The fraction of sp³-hybridized carbons (Fsp3) is 0.500. The average molecular weight is 316 g/mol. The van der Waals surface area contributed by atoms with Gasteiger partial charge in [0, 0.05) is 6.54 Å². The van der Waals surface area contributed by atoms with Crippen LogP contribution in [0.1, 0.15) is 6.42 Å². The zero-order chi connectivity index (χ0) is 14.5. The van der Waals surface area contributed by atoms with Gasteiger partial charge in [0.1, 0.15) is 0 Å². The third-order valence-electron chi connectivity index (χ3n) is 3.46. The first-order valence-corrected chi connectivity index (χ1v) is 7.46. The molecule has 20 heavy (non-hydrogen) atoms. The number of carbonyl (C=O) groups is 1. The lowest BCUT2D eigenvalue weighted by Gasteiger charge is -2.16. The van der Waals surface area contributed by atoms with Crippen LogP contribution in [0, 0.1) is 5.92 Å². The standard InChI is InChI=1S/C14H19Cl2N3O/c1-17-7-10-5-6-19(8-10)9-13(20)18-12-4-2-3-11(15)14(12)16/h2-4,10,17H,5-9H2,1H3,(H,18,20). The van der Waals surface area contributed by atoms with Crippen molar-refractivity contribution in [3.05, 3.63) is 28.2 Å². The summed E-state index contributed by atoms with van der Waals surface area (Å²) in [6, 6.07) is 5.21. The minimum Gasteiger partial charge on any atom is -0.324 e. The lowest BCUT2D eigenvalue weighted by Crippen LogP contribution is -2.32. The molecule has 1 aliphatic heterocycles. The van der Waals surface area contributed by atoms with Gasteiger partial charge in [-0.15, -0.1) is 0 Å². The fourth-order valence-corrected chi connectivity index (χ4v) is 2.85. The Morgan fingerprint density at radius 2 is 2.25 bits per heavy atom. The third-order valence-corrected chi connectivity index (χ3v) is 4.27. The Morgan fingerprint density at radius 1 is 1.45 bits per heavy atom. The summed E-state index contributed by atoms with van der Waals surface area (Å²) in [5.41, 5.74) is 0.565. The Hall–Kier alpha value is -0.810. The van der Waals surface area contributed by atoms with Crippen LogP contribution in [-0.2, 0) is 4.79 Å². The highest BCUT2D eigenvalue weighted by atomic mass is 35.5. The van der Waals surface area contributed by atoms with Gasteiger partial charge in [-0.25, -0.2) is 0 Å². The van der Waals surface area contributed by atoms with E-state index in [1.54, 1.807) is 18.2 Å². The van der Waals surface area contributed by atoms with Gasteiger partial charge >= 0.3 is 0 Å². The molecule has 1 aromatic rings. The Balaban J connectivity index is 1.86. The minimum atomic E-state index is -0.0562. The molecule has 0 spiro atoms. The number of amides is 1. The van der Waals surface area contributed by atoms with Gasteiger partial charge in [-0.2, -0.15) is 0 Å². The summed E-state index contributed by atoms with van der Waals surface area (Å²) in [5.74, 6) is 0.571. The second kappa shape index (κ2) is 7.27.